The molecule has 7 nitrogen and oxygen atoms in total. The van der Waals surface area contributed by atoms with Crippen molar-refractivity contribution in [2.45, 2.75) is 4.90 Å². The average molecular weight is 359 g/mol. The van der Waals surface area contributed by atoms with Gasteiger partial charge in [-0.05, 0) is 12.1 Å². The van der Waals surface area contributed by atoms with Crippen molar-refractivity contribution in [3.63, 3.8) is 0 Å². The molecule has 0 bridgehead atoms. The van der Waals surface area contributed by atoms with Gasteiger partial charge in [0.05, 0.1) is 31.3 Å². The molecule has 0 saturated carbocycles. The van der Waals surface area contributed by atoms with E-state index in [1.165, 1.54) is 0 Å². The summed E-state index contributed by atoms with van der Waals surface area (Å²) in [6, 6.07) is 8.52. The number of nitrogens with one attached hydrogen (secondary N) is 1. The molecule has 0 aliphatic carbocycles. The van der Waals surface area contributed by atoms with Crippen LogP contribution in [0.1, 0.15) is 0 Å². The summed E-state index contributed by atoms with van der Waals surface area (Å²) in [6.07, 6.45) is 0. The van der Waals surface area contributed by atoms with Gasteiger partial charge in [0.25, 0.3) is 0 Å². The Hall–Kier alpha value is -0.600. The topological polar surface area (TPSA) is 71.1 Å². The largest absolute Gasteiger partial charge is 0.379 e. The number of benzene rings is 1. The standard InChI is InChI=1S/C14H22N3O4PS/c18-23(19,14-4-2-1-3-5-14)15-22(16-6-10-20-11-7-16)17-8-12-21-13-9-17/h1-5,15H,6-13H2. The van der Waals surface area contributed by atoms with Gasteiger partial charge in [-0.15, -0.1) is 0 Å². The Labute approximate surface area is 138 Å². The molecular weight excluding hydrogens is 337 g/mol. The van der Waals surface area contributed by atoms with E-state index in [1.54, 1.807) is 24.3 Å². The molecule has 2 heterocycles. The molecule has 0 atom stereocenters. The maximum Gasteiger partial charge on any atom is 0.245 e. The van der Waals surface area contributed by atoms with E-state index in [4.69, 9.17) is 9.47 Å². The van der Waals surface area contributed by atoms with Crippen molar-refractivity contribution < 1.29 is 17.9 Å². The van der Waals surface area contributed by atoms with Gasteiger partial charge in [-0.2, -0.15) is 4.49 Å². The highest BCUT2D eigenvalue weighted by atomic mass is 32.2. The summed E-state index contributed by atoms with van der Waals surface area (Å²) in [5.74, 6) is 0. The Morgan fingerprint density at radius 3 is 1.83 bits per heavy atom. The lowest BCUT2D eigenvalue weighted by Gasteiger charge is -2.41. The van der Waals surface area contributed by atoms with E-state index in [2.05, 4.69) is 13.8 Å². The highest BCUT2D eigenvalue weighted by molar-refractivity contribution is 7.94. The Morgan fingerprint density at radius 2 is 1.35 bits per heavy atom. The van der Waals surface area contributed by atoms with Crippen LogP contribution in [-0.2, 0) is 19.5 Å². The zero-order valence-electron chi connectivity index (χ0n) is 12.9. The summed E-state index contributed by atoms with van der Waals surface area (Å²) >= 11 is 0. The summed E-state index contributed by atoms with van der Waals surface area (Å²) < 4.78 is 43.5. The monoisotopic (exact) mass is 359 g/mol. The molecule has 1 N–H and O–H groups in total. The molecule has 2 aliphatic rings. The van der Waals surface area contributed by atoms with E-state index >= 15 is 0 Å². The zero-order chi connectivity index (χ0) is 16.1. The fourth-order valence-electron chi connectivity index (χ4n) is 2.54. The fourth-order valence-corrected chi connectivity index (χ4v) is 6.70. The van der Waals surface area contributed by atoms with Gasteiger partial charge in [0, 0.05) is 26.2 Å². The maximum absolute atomic E-state index is 12.7. The third-order valence-electron chi connectivity index (χ3n) is 3.77. The molecular formula is C14H22N3O4PS. The Bertz CT molecular complexity index is 571. The van der Waals surface area contributed by atoms with Gasteiger partial charge in [-0.3, -0.25) is 9.34 Å². The highest BCUT2D eigenvalue weighted by Gasteiger charge is 2.32. The van der Waals surface area contributed by atoms with Crippen LogP contribution in [0.25, 0.3) is 0 Å². The molecule has 2 aliphatic heterocycles. The first-order chi connectivity index (χ1) is 11.2. The Kier molecular flexibility index (Phi) is 5.98. The molecule has 3 rings (SSSR count). The van der Waals surface area contributed by atoms with Crippen molar-refractivity contribution >= 4 is 18.4 Å². The normalized spacial score (nSPS) is 21.6. The number of morpholine rings is 2. The number of sulfonamides is 1. The minimum atomic E-state index is -3.54. The van der Waals surface area contributed by atoms with E-state index < -0.39 is 18.4 Å². The van der Waals surface area contributed by atoms with Gasteiger partial charge < -0.3 is 9.47 Å². The lowest BCUT2D eigenvalue weighted by molar-refractivity contribution is 0.0579. The van der Waals surface area contributed by atoms with Crippen LogP contribution >= 0.6 is 8.37 Å². The highest BCUT2D eigenvalue weighted by Crippen LogP contribution is 2.42. The molecule has 2 fully saturated rings. The number of nitrogens with zero attached hydrogens (tertiary/aromatic N) is 2. The molecule has 128 valence electrons. The first kappa shape index (κ1) is 17.2. The van der Waals surface area contributed by atoms with Crippen molar-refractivity contribution in [3.8, 4) is 0 Å². The molecule has 0 radical (unpaired) electrons. The number of rotatable bonds is 5. The molecule has 0 aromatic heterocycles. The molecule has 0 amide bonds. The van der Waals surface area contributed by atoms with Crippen LogP contribution in [0.4, 0.5) is 0 Å². The lowest BCUT2D eigenvalue weighted by Crippen LogP contribution is -2.45. The fraction of sp³-hybridized carbons (Fsp3) is 0.571. The average Bonchev–Trinajstić information content (AvgIpc) is 2.62. The second-order valence-corrected chi connectivity index (χ2v) is 9.25. The van der Waals surface area contributed by atoms with Crippen molar-refractivity contribution in [1.29, 1.82) is 0 Å². The molecule has 1 aromatic carbocycles. The van der Waals surface area contributed by atoms with Crippen LogP contribution in [0.5, 0.6) is 0 Å². The van der Waals surface area contributed by atoms with Gasteiger partial charge >= 0.3 is 0 Å². The minimum absolute atomic E-state index is 0.300. The van der Waals surface area contributed by atoms with E-state index in [1.807, 2.05) is 6.07 Å². The molecule has 23 heavy (non-hydrogen) atoms. The van der Waals surface area contributed by atoms with E-state index in [-0.39, 0.29) is 0 Å². The quantitative estimate of drug-likeness (QED) is 0.787. The van der Waals surface area contributed by atoms with Crippen LogP contribution in [0.15, 0.2) is 35.2 Å². The molecule has 9 heteroatoms. The van der Waals surface area contributed by atoms with Crippen molar-refractivity contribution in [2.24, 2.45) is 0 Å². The van der Waals surface area contributed by atoms with Crippen LogP contribution in [-0.4, -0.2) is 70.4 Å². The zero-order valence-corrected chi connectivity index (χ0v) is 14.6. The smallest absolute Gasteiger partial charge is 0.245 e. The third-order valence-corrected chi connectivity index (χ3v) is 8.15. The number of ether oxygens (including phenoxy) is 2. The Balaban J connectivity index is 1.79. The second-order valence-electron chi connectivity index (χ2n) is 5.33. The van der Waals surface area contributed by atoms with Gasteiger partial charge in [-0.25, -0.2) is 8.42 Å². The lowest BCUT2D eigenvalue weighted by atomic mass is 10.4. The van der Waals surface area contributed by atoms with Crippen LogP contribution in [0, 0.1) is 0 Å². The van der Waals surface area contributed by atoms with Crippen LogP contribution < -0.4 is 4.49 Å². The van der Waals surface area contributed by atoms with E-state index in [9.17, 15) is 8.42 Å². The van der Waals surface area contributed by atoms with Gasteiger partial charge in [0.15, 0.2) is 0 Å². The van der Waals surface area contributed by atoms with Crippen LogP contribution in [0.2, 0.25) is 0 Å². The SMILES string of the molecule is O=S(=O)(NP(N1CCOCC1)N1CCOCC1)c1ccccc1. The maximum atomic E-state index is 12.7. The number of hydrogen-bond acceptors (Lipinski definition) is 6. The first-order valence-corrected chi connectivity index (χ1v) is 10.4. The summed E-state index contributed by atoms with van der Waals surface area (Å²) in [4.78, 5) is 0.300. The van der Waals surface area contributed by atoms with E-state index in [0.29, 0.717) is 31.3 Å². The summed E-state index contributed by atoms with van der Waals surface area (Å²) in [6.45, 7) is 5.49. The summed E-state index contributed by atoms with van der Waals surface area (Å²) in [5.41, 5.74) is 0. The second kappa shape index (κ2) is 7.98. The molecule has 1 aromatic rings. The number of hydrogen-bond donors (Lipinski definition) is 1. The first-order valence-electron chi connectivity index (χ1n) is 7.70. The third kappa shape index (κ3) is 4.48. The summed E-state index contributed by atoms with van der Waals surface area (Å²) in [5, 5.41) is 0. The van der Waals surface area contributed by atoms with Crippen LogP contribution in [0.3, 0.4) is 0 Å². The predicted octanol–water partition coefficient (Wildman–Crippen LogP) is 0.856. The molecule has 0 unspecified atom stereocenters. The summed E-state index contributed by atoms with van der Waals surface area (Å²) in [7, 11) is -4.68. The predicted molar refractivity (Wildman–Crippen MR) is 88.5 cm³/mol. The van der Waals surface area contributed by atoms with Gasteiger partial charge in [-0.1, -0.05) is 18.2 Å². The Morgan fingerprint density at radius 1 is 0.870 bits per heavy atom. The molecule has 0 spiro atoms. The van der Waals surface area contributed by atoms with E-state index in [0.717, 1.165) is 26.2 Å². The molecule has 2 saturated heterocycles. The van der Waals surface area contributed by atoms with Crippen molar-refractivity contribution in [1.82, 2.24) is 13.8 Å². The van der Waals surface area contributed by atoms with Crippen molar-refractivity contribution in [3.05, 3.63) is 30.3 Å². The van der Waals surface area contributed by atoms with Gasteiger partial charge in [0.2, 0.25) is 10.0 Å². The van der Waals surface area contributed by atoms with Gasteiger partial charge in [0.1, 0.15) is 8.37 Å². The minimum Gasteiger partial charge on any atom is -0.379 e. The van der Waals surface area contributed by atoms with Crippen molar-refractivity contribution in [2.75, 3.05) is 52.6 Å².